The summed E-state index contributed by atoms with van der Waals surface area (Å²) in [5.41, 5.74) is 6.14. The van der Waals surface area contributed by atoms with Gasteiger partial charge in [0.15, 0.2) is 5.96 Å². The van der Waals surface area contributed by atoms with Crippen LogP contribution in [0.4, 0.5) is 8.78 Å². The Morgan fingerprint density at radius 1 is 1.24 bits per heavy atom. The molecule has 1 aliphatic rings. The van der Waals surface area contributed by atoms with Crippen LogP contribution < -0.4 is 11.1 Å². The molecule has 1 aromatic carbocycles. The van der Waals surface area contributed by atoms with Gasteiger partial charge in [0.05, 0.1) is 0 Å². The van der Waals surface area contributed by atoms with Crippen molar-refractivity contribution in [1.82, 2.24) is 5.32 Å². The Morgan fingerprint density at radius 2 is 1.95 bits per heavy atom. The Labute approximate surface area is 141 Å². The molecule has 0 radical (unpaired) electrons. The minimum atomic E-state index is -0.432. The standard InChI is InChI=1S/C15H21F2N3.HI/c16-12-6-7-14(17)11(10-12)8-9-19-15(18)20-13-4-2-1-3-5-13;/h6-7,10,13H,1-5,8-9H2,(H3,18,19,20);1H. The molecule has 1 aromatic rings. The average Bonchev–Trinajstić information content (AvgIpc) is 2.44. The highest BCUT2D eigenvalue weighted by Gasteiger charge is 2.13. The van der Waals surface area contributed by atoms with Crippen molar-refractivity contribution >= 4 is 29.9 Å². The Bertz CT molecular complexity index is 474. The normalized spacial score (nSPS) is 16.4. The van der Waals surface area contributed by atoms with Gasteiger partial charge in [0.25, 0.3) is 0 Å². The number of hydrogen-bond donors (Lipinski definition) is 2. The quantitative estimate of drug-likeness (QED) is 0.455. The van der Waals surface area contributed by atoms with Crippen molar-refractivity contribution < 1.29 is 8.78 Å². The Kier molecular flexibility index (Phi) is 7.92. The second-order valence-corrected chi connectivity index (χ2v) is 5.23. The van der Waals surface area contributed by atoms with E-state index in [1.165, 1.54) is 25.3 Å². The predicted octanol–water partition coefficient (Wildman–Crippen LogP) is 3.36. The zero-order valence-electron chi connectivity index (χ0n) is 11.9. The van der Waals surface area contributed by atoms with Crippen LogP contribution in [0.2, 0.25) is 0 Å². The van der Waals surface area contributed by atoms with Gasteiger partial charge >= 0.3 is 0 Å². The minimum absolute atomic E-state index is 0. The SMILES string of the molecule is I.NC(=NCCc1cc(F)ccc1F)NC1CCCCC1. The average molecular weight is 409 g/mol. The lowest BCUT2D eigenvalue weighted by molar-refractivity contribution is 0.412. The zero-order valence-corrected chi connectivity index (χ0v) is 14.3. The van der Waals surface area contributed by atoms with Gasteiger partial charge in [-0.3, -0.25) is 4.99 Å². The van der Waals surface area contributed by atoms with Crippen molar-refractivity contribution in [2.75, 3.05) is 6.54 Å². The Balaban J connectivity index is 0.00000220. The smallest absolute Gasteiger partial charge is 0.188 e. The van der Waals surface area contributed by atoms with Gasteiger partial charge in [-0.1, -0.05) is 19.3 Å². The summed E-state index contributed by atoms with van der Waals surface area (Å²) in [4.78, 5) is 4.18. The van der Waals surface area contributed by atoms with Gasteiger partial charge in [-0.15, -0.1) is 24.0 Å². The molecule has 0 spiro atoms. The second-order valence-electron chi connectivity index (χ2n) is 5.23. The summed E-state index contributed by atoms with van der Waals surface area (Å²) in [5.74, 6) is -0.437. The van der Waals surface area contributed by atoms with E-state index in [0.717, 1.165) is 25.0 Å². The lowest BCUT2D eigenvalue weighted by Crippen LogP contribution is -2.41. The van der Waals surface area contributed by atoms with Crippen LogP contribution in [0.25, 0.3) is 0 Å². The molecule has 3 nitrogen and oxygen atoms in total. The zero-order chi connectivity index (χ0) is 14.4. The summed E-state index contributed by atoms with van der Waals surface area (Å²) >= 11 is 0. The molecule has 1 aliphatic carbocycles. The van der Waals surface area contributed by atoms with E-state index >= 15 is 0 Å². The molecule has 1 saturated carbocycles. The summed E-state index contributed by atoms with van der Waals surface area (Å²) in [6.45, 7) is 0.353. The maximum absolute atomic E-state index is 13.4. The van der Waals surface area contributed by atoms with Gasteiger partial charge in [-0.2, -0.15) is 0 Å². The molecule has 21 heavy (non-hydrogen) atoms. The molecule has 0 atom stereocenters. The fourth-order valence-electron chi connectivity index (χ4n) is 2.53. The third-order valence-electron chi connectivity index (χ3n) is 3.63. The van der Waals surface area contributed by atoms with Crippen molar-refractivity contribution in [2.24, 2.45) is 10.7 Å². The number of aliphatic imine (C=N–C) groups is 1. The van der Waals surface area contributed by atoms with E-state index in [2.05, 4.69) is 10.3 Å². The van der Waals surface area contributed by atoms with Crippen LogP contribution in [0.5, 0.6) is 0 Å². The number of nitrogens with two attached hydrogens (primary N) is 1. The number of nitrogens with zero attached hydrogens (tertiary/aromatic N) is 1. The van der Waals surface area contributed by atoms with E-state index < -0.39 is 11.6 Å². The molecule has 6 heteroatoms. The van der Waals surface area contributed by atoms with Crippen LogP contribution in [-0.4, -0.2) is 18.5 Å². The summed E-state index contributed by atoms with van der Waals surface area (Å²) in [6, 6.07) is 3.85. The second kappa shape index (κ2) is 9.17. The third-order valence-corrected chi connectivity index (χ3v) is 3.63. The minimum Gasteiger partial charge on any atom is -0.370 e. The van der Waals surface area contributed by atoms with Crippen molar-refractivity contribution in [3.8, 4) is 0 Å². The molecule has 0 unspecified atom stereocenters. The highest BCUT2D eigenvalue weighted by Crippen LogP contribution is 2.17. The van der Waals surface area contributed by atoms with Gasteiger partial charge in [-0.25, -0.2) is 8.78 Å². The van der Waals surface area contributed by atoms with Crippen LogP contribution in [-0.2, 0) is 6.42 Å². The molecule has 0 aromatic heterocycles. The summed E-state index contributed by atoms with van der Waals surface area (Å²) in [6.07, 6.45) is 6.31. The van der Waals surface area contributed by atoms with Gasteiger partial charge in [0.1, 0.15) is 11.6 Å². The molecule has 0 saturated heterocycles. The first-order valence-electron chi connectivity index (χ1n) is 7.15. The number of benzene rings is 1. The van der Waals surface area contributed by atoms with E-state index in [1.54, 1.807) is 0 Å². The first-order chi connectivity index (χ1) is 9.65. The molecular weight excluding hydrogens is 387 g/mol. The molecule has 2 rings (SSSR count). The molecule has 0 aliphatic heterocycles. The Morgan fingerprint density at radius 3 is 2.67 bits per heavy atom. The highest BCUT2D eigenvalue weighted by atomic mass is 127. The first kappa shape index (κ1) is 18.1. The molecule has 0 amide bonds. The van der Waals surface area contributed by atoms with E-state index in [1.807, 2.05) is 0 Å². The van der Waals surface area contributed by atoms with Gasteiger partial charge in [0.2, 0.25) is 0 Å². The first-order valence-corrected chi connectivity index (χ1v) is 7.15. The van der Waals surface area contributed by atoms with E-state index in [-0.39, 0.29) is 24.0 Å². The molecule has 0 bridgehead atoms. The maximum Gasteiger partial charge on any atom is 0.188 e. The number of nitrogens with one attached hydrogen (secondary N) is 1. The predicted molar refractivity (Wildman–Crippen MR) is 92.0 cm³/mol. The van der Waals surface area contributed by atoms with Crippen LogP contribution in [0.15, 0.2) is 23.2 Å². The topological polar surface area (TPSA) is 50.4 Å². The van der Waals surface area contributed by atoms with Crippen molar-refractivity contribution in [3.05, 3.63) is 35.4 Å². The fraction of sp³-hybridized carbons (Fsp3) is 0.533. The largest absolute Gasteiger partial charge is 0.370 e. The highest BCUT2D eigenvalue weighted by molar-refractivity contribution is 14.0. The van der Waals surface area contributed by atoms with E-state index in [4.69, 9.17) is 5.73 Å². The molecule has 3 N–H and O–H groups in total. The number of rotatable bonds is 4. The van der Waals surface area contributed by atoms with Crippen LogP contribution >= 0.6 is 24.0 Å². The fourth-order valence-corrected chi connectivity index (χ4v) is 2.53. The van der Waals surface area contributed by atoms with Crippen LogP contribution in [0, 0.1) is 11.6 Å². The van der Waals surface area contributed by atoms with Crippen LogP contribution in [0.1, 0.15) is 37.7 Å². The van der Waals surface area contributed by atoms with Gasteiger partial charge in [0, 0.05) is 12.6 Å². The lowest BCUT2D eigenvalue weighted by Gasteiger charge is -2.23. The monoisotopic (exact) mass is 409 g/mol. The molecular formula is C15H22F2IN3. The number of hydrogen-bond acceptors (Lipinski definition) is 1. The third kappa shape index (κ3) is 6.15. The Hall–Kier alpha value is -0.920. The van der Waals surface area contributed by atoms with Crippen molar-refractivity contribution in [1.29, 1.82) is 0 Å². The van der Waals surface area contributed by atoms with Crippen molar-refractivity contribution in [3.63, 3.8) is 0 Å². The molecule has 118 valence electrons. The van der Waals surface area contributed by atoms with E-state index in [9.17, 15) is 8.78 Å². The van der Waals surface area contributed by atoms with Crippen molar-refractivity contribution in [2.45, 2.75) is 44.6 Å². The number of halogens is 3. The molecule has 0 heterocycles. The maximum atomic E-state index is 13.4. The lowest BCUT2D eigenvalue weighted by atomic mass is 9.96. The van der Waals surface area contributed by atoms with Crippen LogP contribution in [0.3, 0.4) is 0 Å². The summed E-state index contributed by atoms with van der Waals surface area (Å²) < 4.78 is 26.4. The van der Waals surface area contributed by atoms with Gasteiger partial charge in [-0.05, 0) is 43.0 Å². The van der Waals surface area contributed by atoms with E-state index in [0.29, 0.717) is 30.5 Å². The summed E-state index contributed by atoms with van der Waals surface area (Å²) in [5, 5.41) is 3.19. The number of guanidine groups is 1. The summed E-state index contributed by atoms with van der Waals surface area (Å²) in [7, 11) is 0. The molecule has 1 fully saturated rings. The van der Waals surface area contributed by atoms with Gasteiger partial charge < -0.3 is 11.1 Å².